The highest BCUT2D eigenvalue weighted by molar-refractivity contribution is 9.09. The molecular weight excluding hydrogens is 282 g/mol. The molecule has 0 aromatic carbocycles. The lowest BCUT2D eigenvalue weighted by atomic mass is 10.1. The quantitative estimate of drug-likeness (QED) is 0.676. The highest BCUT2D eigenvalue weighted by Crippen LogP contribution is 2.12. The standard InChI is InChI=1S/C13H26BrNO2/c1-6-11(7-2)15(9-8-14)12(16)10-17-13(3,4)5/h11H,6-10H2,1-5H3. The Bertz CT molecular complexity index is 222. The third-order valence-corrected chi connectivity index (χ3v) is 3.01. The van der Waals surface area contributed by atoms with Gasteiger partial charge in [-0.3, -0.25) is 4.79 Å². The van der Waals surface area contributed by atoms with Gasteiger partial charge in [-0.15, -0.1) is 0 Å². The molecule has 0 radical (unpaired) electrons. The molecule has 3 nitrogen and oxygen atoms in total. The predicted molar refractivity (Wildman–Crippen MR) is 75.6 cm³/mol. The van der Waals surface area contributed by atoms with Gasteiger partial charge < -0.3 is 9.64 Å². The van der Waals surface area contributed by atoms with Gasteiger partial charge in [-0.2, -0.15) is 0 Å². The minimum absolute atomic E-state index is 0.0908. The van der Waals surface area contributed by atoms with E-state index in [1.165, 1.54) is 0 Å². The van der Waals surface area contributed by atoms with Gasteiger partial charge in [0.25, 0.3) is 0 Å². The summed E-state index contributed by atoms with van der Waals surface area (Å²) < 4.78 is 5.55. The van der Waals surface area contributed by atoms with Crippen LogP contribution in [0.4, 0.5) is 0 Å². The van der Waals surface area contributed by atoms with Crippen LogP contribution in [0.2, 0.25) is 0 Å². The number of ether oxygens (including phenoxy) is 1. The number of hydrogen-bond donors (Lipinski definition) is 0. The summed E-state index contributed by atoms with van der Waals surface area (Å²) in [5, 5.41) is 0.810. The van der Waals surface area contributed by atoms with E-state index in [-0.39, 0.29) is 18.1 Å². The zero-order chi connectivity index (χ0) is 13.5. The average molecular weight is 308 g/mol. The molecule has 0 atom stereocenters. The summed E-state index contributed by atoms with van der Waals surface area (Å²) in [4.78, 5) is 14.1. The van der Waals surface area contributed by atoms with Crippen LogP contribution in [0, 0.1) is 0 Å². The maximum Gasteiger partial charge on any atom is 0.248 e. The molecule has 0 aromatic rings. The zero-order valence-electron chi connectivity index (χ0n) is 11.8. The molecular formula is C13H26BrNO2. The van der Waals surface area contributed by atoms with Crippen molar-refractivity contribution in [1.29, 1.82) is 0 Å². The molecule has 0 aliphatic heterocycles. The first-order valence-corrected chi connectivity index (χ1v) is 7.47. The fourth-order valence-electron chi connectivity index (χ4n) is 1.69. The van der Waals surface area contributed by atoms with Gasteiger partial charge in [-0.25, -0.2) is 0 Å². The molecule has 0 rings (SSSR count). The second-order valence-electron chi connectivity index (χ2n) is 5.15. The van der Waals surface area contributed by atoms with Crippen LogP contribution in [-0.4, -0.2) is 40.9 Å². The molecule has 0 bridgehead atoms. The Balaban J connectivity index is 4.43. The van der Waals surface area contributed by atoms with Crippen molar-refractivity contribution in [2.75, 3.05) is 18.5 Å². The van der Waals surface area contributed by atoms with Crippen molar-refractivity contribution in [2.45, 2.75) is 59.1 Å². The van der Waals surface area contributed by atoms with E-state index in [0.29, 0.717) is 6.04 Å². The van der Waals surface area contributed by atoms with E-state index >= 15 is 0 Å². The molecule has 0 aliphatic rings. The van der Waals surface area contributed by atoms with Crippen LogP contribution in [0.3, 0.4) is 0 Å². The number of carbonyl (C=O) groups excluding carboxylic acids is 1. The molecule has 0 heterocycles. The Morgan fingerprint density at radius 3 is 2.18 bits per heavy atom. The maximum atomic E-state index is 12.1. The van der Waals surface area contributed by atoms with Crippen molar-refractivity contribution >= 4 is 21.8 Å². The number of amides is 1. The summed E-state index contributed by atoms with van der Waals surface area (Å²) in [7, 11) is 0. The van der Waals surface area contributed by atoms with Gasteiger partial charge in [-0.05, 0) is 33.6 Å². The Labute approximate surface area is 114 Å². The van der Waals surface area contributed by atoms with Gasteiger partial charge in [0.2, 0.25) is 5.91 Å². The van der Waals surface area contributed by atoms with Crippen LogP contribution in [0.5, 0.6) is 0 Å². The van der Waals surface area contributed by atoms with Gasteiger partial charge in [0.15, 0.2) is 0 Å². The lowest BCUT2D eigenvalue weighted by Gasteiger charge is -2.31. The monoisotopic (exact) mass is 307 g/mol. The number of carbonyl (C=O) groups is 1. The first kappa shape index (κ1) is 16.9. The summed E-state index contributed by atoms with van der Waals surface area (Å²) in [6.45, 7) is 11.1. The van der Waals surface area contributed by atoms with Crippen LogP contribution < -0.4 is 0 Å². The van der Waals surface area contributed by atoms with Crippen molar-refractivity contribution in [3.05, 3.63) is 0 Å². The number of rotatable bonds is 7. The smallest absolute Gasteiger partial charge is 0.248 e. The highest BCUT2D eigenvalue weighted by atomic mass is 79.9. The van der Waals surface area contributed by atoms with E-state index in [1.807, 2.05) is 25.7 Å². The number of alkyl halides is 1. The van der Waals surface area contributed by atoms with E-state index in [4.69, 9.17) is 4.74 Å². The molecule has 17 heavy (non-hydrogen) atoms. The molecule has 0 fully saturated rings. The molecule has 4 heteroatoms. The van der Waals surface area contributed by atoms with Crippen LogP contribution >= 0.6 is 15.9 Å². The largest absolute Gasteiger partial charge is 0.366 e. The summed E-state index contributed by atoms with van der Waals surface area (Å²) in [5.41, 5.74) is -0.260. The third kappa shape index (κ3) is 7.04. The maximum absolute atomic E-state index is 12.1. The van der Waals surface area contributed by atoms with Crippen molar-refractivity contribution in [3.63, 3.8) is 0 Å². The lowest BCUT2D eigenvalue weighted by Crippen LogP contribution is -2.44. The molecule has 1 amide bonds. The highest BCUT2D eigenvalue weighted by Gasteiger charge is 2.22. The molecule has 0 saturated heterocycles. The lowest BCUT2D eigenvalue weighted by molar-refractivity contribution is -0.143. The third-order valence-electron chi connectivity index (χ3n) is 2.66. The average Bonchev–Trinajstić information content (AvgIpc) is 2.25. The predicted octanol–water partition coefficient (Wildman–Crippen LogP) is 3.21. The van der Waals surface area contributed by atoms with Crippen molar-refractivity contribution in [1.82, 2.24) is 4.90 Å². The molecule has 102 valence electrons. The molecule has 0 unspecified atom stereocenters. The molecule has 0 aliphatic carbocycles. The van der Waals surface area contributed by atoms with Gasteiger partial charge in [-0.1, -0.05) is 29.8 Å². The van der Waals surface area contributed by atoms with Crippen molar-refractivity contribution < 1.29 is 9.53 Å². The minimum Gasteiger partial charge on any atom is -0.366 e. The topological polar surface area (TPSA) is 29.5 Å². The zero-order valence-corrected chi connectivity index (χ0v) is 13.3. The molecule has 0 spiro atoms. The Kier molecular flexibility index (Phi) is 8.05. The van der Waals surface area contributed by atoms with Gasteiger partial charge >= 0.3 is 0 Å². The summed E-state index contributed by atoms with van der Waals surface area (Å²) in [6.07, 6.45) is 1.98. The minimum atomic E-state index is -0.260. The van der Waals surface area contributed by atoms with Gasteiger partial charge in [0.05, 0.1) is 5.60 Å². The molecule has 0 aromatic heterocycles. The summed E-state index contributed by atoms with van der Waals surface area (Å²) >= 11 is 3.40. The van der Waals surface area contributed by atoms with Gasteiger partial charge in [0, 0.05) is 17.9 Å². The van der Waals surface area contributed by atoms with Gasteiger partial charge in [0.1, 0.15) is 6.61 Å². The van der Waals surface area contributed by atoms with Crippen LogP contribution in [-0.2, 0) is 9.53 Å². The Morgan fingerprint density at radius 2 is 1.82 bits per heavy atom. The second kappa shape index (κ2) is 8.09. The normalized spacial score (nSPS) is 11.9. The molecule has 0 N–H and O–H groups in total. The van der Waals surface area contributed by atoms with E-state index in [2.05, 4.69) is 29.8 Å². The van der Waals surface area contributed by atoms with Crippen molar-refractivity contribution in [2.24, 2.45) is 0 Å². The summed E-state index contributed by atoms with van der Waals surface area (Å²) in [5.74, 6) is 0.0908. The number of hydrogen-bond acceptors (Lipinski definition) is 2. The first-order valence-electron chi connectivity index (χ1n) is 6.35. The first-order chi connectivity index (χ1) is 7.85. The number of nitrogens with zero attached hydrogens (tertiary/aromatic N) is 1. The van der Waals surface area contributed by atoms with E-state index in [0.717, 1.165) is 24.7 Å². The van der Waals surface area contributed by atoms with E-state index in [1.54, 1.807) is 0 Å². The van der Waals surface area contributed by atoms with Crippen LogP contribution in [0.25, 0.3) is 0 Å². The summed E-state index contributed by atoms with van der Waals surface area (Å²) in [6, 6.07) is 0.323. The fraction of sp³-hybridized carbons (Fsp3) is 0.923. The van der Waals surface area contributed by atoms with E-state index < -0.39 is 0 Å². The Morgan fingerprint density at radius 1 is 1.29 bits per heavy atom. The van der Waals surface area contributed by atoms with Crippen LogP contribution in [0.1, 0.15) is 47.5 Å². The van der Waals surface area contributed by atoms with E-state index in [9.17, 15) is 4.79 Å². The SMILES string of the molecule is CCC(CC)N(CCBr)C(=O)COC(C)(C)C. The fourth-order valence-corrected chi connectivity index (χ4v) is 2.07. The van der Waals surface area contributed by atoms with Crippen molar-refractivity contribution in [3.8, 4) is 0 Å². The molecule has 0 saturated carbocycles. The second-order valence-corrected chi connectivity index (χ2v) is 5.94. The Hall–Kier alpha value is -0.0900. The van der Waals surface area contributed by atoms with Crippen LogP contribution in [0.15, 0.2) is 0 Å². The number of halogens is 1.